The maximum atomic E-state index is 12.4. The molecule has 1 aromatic heterocycles. The van der Waals surface area contributed by atoms with Gasteiger partial charge in [-0.2, -0.15) is 5.26 Å². The highest BCUT2D eigenvalue weighted by Crippen LogP contribution is 2.21. The Balaban J connectivity index is 1.69. The first-order chi connectivity index (χ1) is 12.5. The zero-order valence-electron chi connectivity index (χ0n) is 14.0. The van der Waals surface area contributed by atoms with E-state index < -0.39 is 0 Å². The lowest BCUT2D eigenvalue weighted by atomic mass is 10.2. The number of halogens is 1. The second-order valence-corrected chi connectivity index (χ2v) is 6.10. The number of aromatic nitrogens is 1. The van der Waals surface area contributed by atoms with E-state index in [0.717, 1.165) is 11.3 Å². The maximum Gasteiger partial charge on any atom is 0.257 e. The molecule has 0 saturated heterocycles. The van der Waals surface area contributed by atoms with E-state index in [1.165, 1.54) is 6.20 Å². The molecule has 0 aliphatic carbocycles. The van der Waals surface area contributed by atoms with Crippen LogP contribution in [0.4, 0.5) is 17.2 Å². The summed E-state index contributed by atoms with van der Waals surface area (Å²) in [6, 6.07) is 17.8. The highest BCUT2D eigenvalue weighted by Gasteiger charge is 2.09. The molecular formula is C20H15ClN4O. The maximum absolute atomic E-state index is 12.4. The number of nitrogens with zero attached hydrogens (tertiary/aromatic N) is 2. The van der Waals surface area contributed by atoms with Crippen LogP contribution < -0.4 is 10.6 Å². The Kier molecular flexibility index (Phi) is 5.16. The molecule has 128 valence electrons. The summed E-state index contributed by atoms with van der Waals surface area (Å²) in [5.41, 5.74) is 3.43. The van der Waals surface area contributed by atoms with Crippen molar-refractivity contribution in [3.8, 4) is 6.07 Å². The van der Waals surface area contributed by atoms with Gasteiger partial charge < -0.3 is 10.6 Å². The summed E-state index contributed by atoms with van der Waals surface area (Å²) in [7, 11) is 0. The van der Waals surface area contributed by atoms with Crippen LogP contribution in [0.2, 0.25) is 5.02 Å². The van der Waals surface area contributed by atoms with Crippen molar-refractivity contribution >= 4 is 34.7 Å². The van der Waals surface area contributed by atoms with Crippen LogP contribution >= 0.6 is 11.6 Å². The number of amides is 1. The van der Waals surface area contributed by atoms with E-state index in [0.29, 0.717) is 27.7 Å². The first-order valence-electron chi connectivity index (χ1n) is 7.86. The van der Waals surface area contributed by atoms with E-state index in [1.807, 2.05) is 13.0 Å². The lowest BCUT2D eigenvalue weighted by Crippen LogP contribution is -2.13. The minimum atomic E-state index is -0.257. The topological polar surface area (TPSA) is 77.8 Å². The van der Waals surface area contributed by atoms with Gasteiger partial charge in [0.25, 0.3) is 5.91 Å². The molecule has 3 aromatic rings. The third-order valence-corrected chi connectivity index (χ3v) is 3.99. The average molecular weight is 363 g/mol. The number of benzene rings is 2. The van der Waals surface area contributed by atoms with Crippen LogP contribution in [0, 0.1) is 18.3 Å². The molecule has 26 heavy (non-hydrogen) atoms. The quantitative estimate of drug-likeness (QED) is 0.691. The SMILES string of the molecule is Cc1ccc(Cl)cc1NC(=O)c1ccc(Nc2ccc(C#N)cc2)nc1. The normalized spacial score (nSPS) is 10.0. The number of carbonyl (C=O) groups excluding carboxylic acids is 1. The minimum absolute atomic E-state index is 0.257. The summed E-state index contributed by atoms with van der Waals surface area (Å²) in [4.78, 5) is 16.6. The van der Waals surface area contributed by atoms with Gasteiger partial charge in [-0.05, 0) is 61.0 Å². The number of pyridine rings is 1. The predicted molar refractivity (Wildman–Crippen MR) is 103 cm³/mol. The Hall–Kier alpha value is -3.36. The Morgan fingerprint density at radius 1 is 1.12 bits per heavy atom. The molecule has 5 nitrogen and oxygen atoms in total. The standard InChI is InChI=1S/C20H15ClN4O/c1-13-2-6-16(21)10-18(13)25-20(26)15-5-9-19(23-12-15)24-17-7-3-14(11-22)4-8-17/h2-10,12H,1H3,(H,23,24)(H,25,26). The highest BCUT2D eigenvalue weighted by atomic mass is 35.5. The van der Waals surface area contributed by atoms with Gasteiger partial charge in [-0.1, -0.05) is 17.7 Å². The summed E-state index contributed by atoms with van der Waals surface area (Å²) in [6.45, 7) is 1.90. The van der Waals surface area contributed by atoms with Crippen molar-refractivity contribution in [1.29, 1.82) is 5.26 Å². The van der Waals surface area contributed by atoms with Crippen molar-refractivity contribution in [3.05, 3.63) is 82.5 Å². The first kappa shape index (κ1) is 17.5. The molecule has 2 aromatic carbocycles. The molecule has 2 N–H and O–H groups in total. The predicted octanol–water partition coefficient (Wildman–Crippen LogP) is 4.91. The number of hydrogen-bond acceptors (Lipinski definition) is 4. The van der Waals surface area contributed by atoms with Gasteiger partial charge in [-0.25, -0.2) is 4.98 Å². The van der Waals surface area contributed by atoms with Gasteiger partial charge in [0.2, 0.25) is 0 Å². The van der Waals surface area contributed by atoms with E-state index >= 15 is 0 Å². The molecule has 0 spiro atoms. The number of nitrogens with one attached hydrogen (secondary N) is 2. The minimum Gasteiger partial charge on any atom is -0.340 e. The highest BCUT2D eigenvalue weighted by molar-refractivity contribution is 6.31. The molecule has 0 saturated carbocycles. The van der Waals surface area contributed by atoms with Gasteiger partial charge in [-0.3, -0.25) is 4.79 Å². The van der Waals surface area contributed by atoms with Crippen LogP contribution in [0.5, 0.6) is 0 Å². The molecule has 1 amide bonds. The number of hydrogen-bond donors (Lipinski definition) is 2. The Bertz CT molecular complexity index is 976. The molecule has 0 bridgehead atoms. The third kappa shape index (κ3) is 4.18. The van der Waals surface area contributed by atoms with E-state index in [9.17, 15) is 4.79 Å². The lowest BCUT2D eigenvalue weighted by molar-refractivity contribution is 0.102. The fourth-order valence-corrected chi connectivity index (χ4v) is 2.47. The number of nitriles is 1. The van der Waals surface area contributed by atoms with Crippen LogP contribution in [-0.4, -0.2) is 10.9 Å². The van der Waals surface area contributed by atoms with Gasteiger partial charge in [-0.15, -0.1) is 0 Å². The molecule has 6 heteroatoms. The van der Waals surface area contributed by atoms with E-state index in [1.54, 1.807) is 48.5 Å². The van der Waals surface area contributed by atoms with E-state index in [4.69, 9.17) is 16.9 Å². The number of rotatable bonds is 4. The van der Waals surface area contributed by atoms with Crippen molar-refractivity contribution in [2.24, 2.45) is 0 Å². The Morgan fingerprint density at radius 2 is 1.88 bits per heavy atom. The molecule has 0 aliphatic rings. The number of anilines is 3. The van der Waals surface area contributed by atoms with Gasteiger partial charge in [0.15, 0.2) is 0 Å². The van der Waals surface area contributed by atoms with Crippen LogP contribution in [0.3, 0.4) is 0 Å². The van der Waals surface area contributed by atoms with E-state index in [2.05, 4.69) is 21.7 Å². The molecule has 0 atom stereocenters. The summed E-state index contributed by atoms with van der Waals surface area (Å²) in [5.74, 6) is 0.345. The Labute approximate surface area is 156 Å². The van der Waals surface area contributed by atoms with Gasteiger partial charge in [0, 0.05) is 22.6 Å². The molecular weight excluding hydrogens is 348 g/mol. The summed E-state index contributed by atoms with van der Waals surface area (Å²) >= 11 is 5.97. The fourth-order valence-electron chi connectivity index (χ4n) is 2.30. The molecule has 0 radical (unpaired) electrons. The van der Waals surface area contributed by atoms with Crippen molar-refractivity contribution in [2.45, 2.75) is 6.92 Å². The van der Waals surface area contributed by atoms with Gasteiger partial charge in [0.1, 0.15) is 5.82 Å². The fraction of sp³-hybridized carbons (Fsp3) is 0.0500. The zero-order chi connectivity index (χ0) is 18.5. The molecule has 1 heterocycles. The van der Waals surface area contributed by atoms with Crippen molar-refractivity contribution in [3.63, 3.8) is 0 Å². The van der Waals surface area contributed by atoms with Crippen LogP contribution in [0.25, 0.3) is 0 Å². The third-order valence-electron chi connectivity index (χ3n) is 3.76. The second kappa shape index (κ2) is 7.68. The van der Waals surface area contributed by atoms with Gasteiger partial charge >= 0.3 is 0 Å². The number of carbonyl (C=O) groups is 1. The van der Waals surface area contributed by atoms with Crippen molar-refractivity contribution < 1.29 is 4.79 Å². The summed E-state index contributed by atoms with van der Waals surface area (Å²) in [6.07, 6.45) is 1.50. The zero-order valence-corrected chi connectivity index (χ0v) is 14.7. The van der Waals surface area contributed by atoms with Crippen LogP contribution in [-0.2, 0) is 0 Å². The van der Waals surface area contributed by atoms with E-state index in [-0.39, 0.29) is 5.91 Å². The Morgan fingerprint density at radius 3 is 2.54 bits per heavy atom. The van der Waals surface area contributed by atoms with Crippen LogP contribution in [0.1, 0.15) is 21.5 Å². The smallest absolute Gasteiger partial charge is 0.257 e. The van der Waals surface area contributed by atoms with Gasteiger partial charge in [0.05, 0.1) is 17.2 Å². The van der Waals surface area contributed by atoms with Crippen molar-refractivity contribution in [1.82, 2.24) is 4.98 Å². The average Bonchev–Trinajstić information content (AvgIpc) is 2.66. The summed E-state index contributed by atoms with van der Waals surface area (Å²) in [5, 5.41) is 15.3. The lowest BCUT2D eigenvalue weighted by Gasteiger charge is -2.10. The summed E-state index contributed by atoms with van der Waals surface area (Å²) < 4.78 is 0. The van der Waals surface area contributed by atoms with Crippen molar-refractivity contribution in [2.75, 3.05) is 10.6 Å². The number of aryl methyl sites for hydroxylation is 1. The van der Waals surface area contributed by atoms with Crippen LogP contribution in [0.15, 0.2) is 60.8 Å². The molecule has 0 fully saturated rings. The second-order valence-electron chi connectivity index (χ2n) is 5.66. The first-order valence-corrected chi connectivity index (χ1v) is 8.24. The molecule has 3 rings (SSSR count). The molecule has 0 unspecified atom stereocenters. The monoisotopic (exact) mass is 362 g/mol. The largest absolute Gasteiger partial charge is 0.340 e. The molecule has 0 aliphatic heterocycles.